The largest absolute Gasteiger partial charge is 0.359 e. The average molecular weight is 253 g/mol. The van der Waals surface area contributed by atoms with Crippen molar-refractivity contribution < 1.29 is 9.59 Å². The van der Waals surface area contributed by atoms with E-state index in [-0.39, 0.29) is 5.91 Å². The van der Waals surface area contributed by atoms with E-state index in [4.69, 9.17) is 0 Å². The van der Waals surface area contributed by atoms with E-state index in [1.165, 1.54) is 0 Å². The highest BCUT2D eigenvalue weighted by molar-refractivity contribution is 5.79. The van der Waals surface area contributed by atoms with Crippen LogP contribution in [-0.2, 0) is 11.2 Å². The third-order valence-electron chi connectivity index (χ3n) is 2.98. The van der Waals surface area contributed by atoms with E-state index in [0.717, 1.165) is 23.0 Å². The predicted octanol–water partition coefficient (Wildman–Crippen LogP) is 2.45. The minimum atomic E-state index is 0.00286. The maximum atomic E-state index is 11.3. The van der Waals surface area contributed by atoms with Gasteiger partial charge >= 0.3 is 0 Å². The number of aldehydes is 1. The van der Waals surface area contributed by atoms with Gasteiger partial charge < -0.3 is 5.32 Å². The first-order chi connectivity index (χ1) is 9.22. The monoisotopic (exact) mass is 253 g/mol. The molecule has 0 radical (unpaired) electrons. The summed E-state index contributed by atoms with van der Waals surface area (Å²) in [6.45, 7) is 0. The third kappa shape index (κ3) is 3.28. The molecule has 0 aliphatic carbocycles. The van der Waals surface area contributed by atoms with E-state index in [9.17, 15) is 9.59 Å². The highest BCUT2D eigenvalue weighted by Crippen LogP contribution is 2.20. The molecule has 0 aromatic heterocycles. The molecule has 2 aromatic rings. The summed E-state index contributed by atoms with van der Waals surface area (Å²) in [5.74, 6) is 0.00286. The summed E-state index contributed by atoms with van der Waals surface area (Å²) in [6, 6.07) is 15.3. The Morgan fingerprint density at radius 1 is 1.00 bits per heavy atom. The van der Waals surface area contributed by atoms with Crippen LogP contribution in [0.3, 0.4) is 0 Å². The molecular formula is C16H15NO2. The van der Waals surface area contributed by atoms with Gasteiger partial charge in [0.15, 0.2) is 0 Å². The molecule has 0 atom stereocenters. The minimum absolute atomic E-state index is 0.00286. The standard InChI is InChI=1S/C16H15NO2/c1-17-16(19)10-12-2-6-14(7-3-12)15-8-4-13(11-18)5-9-15/h2-9,11H,10H2,1H3,(H,17,19). The van der Waals surface area contributed by atoms with Crippen LogP contribution in [0.25, 0.3) is 11.1 Å². The zero-order valence-electron chi connectivity index (χ0n) is 10.7. The van der Waals surface area contributed by atoms with Crippen molar-refractivity contribution in [1.29, 1.82) is 0 Å². The summed E-state index contributed by atoms with van der Waals surface area (Å²) >= 11 is 0. The number of benzene rings is 2. The van der Waals surface area contributed by atoms with Crippen LogP contribution in [0, 0.1) is 0 Å². The maximum absolute atomic E-state index is 11.3. The SMILES string of the molecule is CNC(=O)Cc1ccc(-c2ccc(C=O)cc2)cc1. The van der Waals surface area contributed by atoms with E-state index in [1.807, 2.05) is 36.4 Å². The molecule has 3 nitrogen and oxygen atoms in total. The molecule has 0 unspecified atom stereocenters. The third-order valence-corrected chi connectivity index (χ3v) is 2.98. The lowest BCUT2D eigenvalue weighted by atomic mass is 10.0. The van der Waals surface area contributed by atoms with Crippen LogP contribution in [0.2, 0.25) is 0 Å². The molecule has 1 N–H and O–H groups in total. The quantitative estimate of drug-likeness (QED) is 0.851. The summed E-state index contributed by atoms with van der Waals surface area (Å²) in [7, 11) is 1.63. The van der Waals surface area contributed by atoms with Crippen LogP contribution in [0.1, 0.15) is 15.9 Å². The lowest BCUT2D eigenvalue weighted by Gasteiger charge is -2.04. The Labute approximate surface area is 112 Å². The van der Waals surface area contributed by atoms with E-state index >= 15 is 0 Å². The number of rotatable bonds is 4. The second-order valence-electron chi connectivity index (χ2n) is 4.29. The molecule has 0 saturated heterocycles. The van der Waals surface area contributed by atoms with Gasteiger partial charge in [-0.15, -0.1) is 0 Å². The van der Waals surface area contributed by atoms with Crippen LogP contribution in [0.4, 0.5) is 0 Å². The van der Waals surface area contributed by atoms with Crippen molar-refractivity contribution in [3.8, 4) is 11.1 Å². The molecule has 2 aromatic carbocycles. The number of carbonyl (C=O) groups is 2. The van der Waals surface area contributed by atoms with Crippen LogP contribution >= 0.6 is 0 Å². The van der Waals surface area contributed by atoms with Crippen LogP contribution in [0.5, 0.6) is 0 Å². The van der Waals surface area contributed by atoms with Gasteiger partial charge in [0.05, 0.1) is 6.42 Å². The van der Waals surface area contributed by atoms with Crippen molar-refractivity contribution in [2.45, 2.75) is 6.42 Å². The summed E-state index contributed by atoms with van der Waals surface area (Å²) in [5, 5.41) is 2.60. The molecule has 0 aliphatic heterocycles. The smallest absolute Gasteiger partial charge is 0.224 e. The molecule has 0 heterocycles. The highest BCUT2D eigenvalue weighted by Gasteiger charge is 2.02. The zero-order chi connectivity index (χ0) is 13.7. The van der Waals surface area contributed by atoms with Gasteiger partial charge in [0.25, 0.3) is 0 Å². The minimum Gasteiger partial charge on any atom is -0.359 e. The number of amides is 1. The first kappa shape index (κ1) is 13.0. The fraction of sp³-hybridized carbons (Fsp3) is 0.125. The average Bonchev–Trinajstić information content (AvgIpc) is 2.48. The number of carbonyl (C=O) groups excluding carboxylic acids is 2. The highest BCUT2D eigenvalue weighted by atomic mass is 16.1. The van der Waals surface area contributed by atoms with Gasteiger partial charge in [0, 0.05) is 12.6 Å². The molecular weight excluding hydrogens is 238 g/mol. The lowest BCUT2D eigenvalue weighted by molar-refractivity contribution is -0.119. The van der Waals surface area contributed by atoms with Crippen LogP contribution < -0.4 is 5.32 Å². The normalized spacial score (nSPS) is 9.95. The van der Waals surface area contributed by atoms with Crippen LogP contribution in [-0.4, -0.2) is 19.2 Å². The first-order valence-corrected chi connectivity index (χ1v) is 6.08. The van der Waals surface area contributed by atoms with Gasteiger partial charge in [0.1, 0.15) is 6.29 Å². The molecule has 0 aliphatic rings. The van der Waals surface area contributed by atoms with Gasteiger partial charge in [-0.1, -0.05) is 48.5 Å². The van der Waals surface area contributed by atoms with Gasteiger partial charge in [-0.05, 0) is 16.7 Å². The maximum Gasteiger partial charge on any atom is 0.224 e. The lowest BCUT2D eigenvalue weighted by Crippen LogP contribution is -2.19. The molecule has 96 valence electrons. The fourth-order valence-electron chi connectivity index (χ4n) is 1.84. The van der Waals surface area contributed by atoms with Crippen molar-refractivity contribution in [2.24, 2.45) is 0 Å². The van der Waals surface area contributed by atoms with Gasteiger partial charge in [-0.3, -0.25) is 9.59 Å². The summed E-state index contributed by atoms with van der Waals surface area (Å²) in [4.78, 5) is 21.9. The first-order valence-electron chi connectivity index (χ1n) is 6.08. The Balaban J connectivity index is 2.17. The van der Waals surface area contributed by atoms with Crippen molar-refractivity contribution in [3.05, 3.63) is 59.7 Å². The van der Waals surface area contributed by atoms with Crippen molar-refractivity contribution in [1.82, 2.24) is 5.32 Å². The van der Waals surface area contributed by atoms with Crippen molar-refractivity contribution in [2.75, 3.05) is 7.05 Å². The molecule has 3 heteroatoms. The second-order valence-corrected chi connectivity index (χ2v) is 4.29. The topological polar surface area (TPSA) is 46.2 Å². The Bertz CT molecular complexity index is 571. The molecule has 0 spiro atoms. The van der Waals surface area contributed by atoms with Crippen LogP contribution in [0.15, 0.2) is 48.5 Å². The molecule has 0 bridgehead atoms. The molecule has 2 rings (SSSR count). The Morgan fingerprint density at radius 3 is 2.00 bits per heavy atom. The van der Waals surface area contributed by atoms with Crippen molar-refractivity contribution >= 4 is 12.2 Å². The summed E-state index contributed by atoms with van der Waals surface area (Å²) in [6.07, 6.45) is 1.22. The van der Waals surface area contributed by atoms with E-state index < -0.39 is 0 Å². The zero-order valence-corrected chi connectivity index (χ0v) is 10.7. The summed E-state index contributed by atoms with van der Waals surface area (Å²) in [5.41, 5.74) is 3.77. The van der Waals surface area contributed by atoms with Crippen molar-refractivity contribution in [3.63, 3.8) is 0 Å². The number of likely N-dealkylation sites (N-methyl/N-ethyl adjacent to an activating group) is 1. The van der Waals surface area contributed by atoms with Gasteiger partial charge in [-0.25, -0.2) is 0 Å². The number of hydrogen-bond donors (Lipinski definition) is 1. The second kappa shape index (κ2) is 5.96. The Morgan fingerprint density at radius 2 is 1.53 bits per heavy atom. The fourth-order valence-corrected chi connectivity index (χ4v) is 1.84. The predicted molar refractivity (Wildman–Crippen MR) is 75.0 cm³/mol. The van der Waals surface area contributed by atoms with Gasteiger partial charge in [-0.2, -0.15) is 0 Å². The van der Waals surface area contributed by atoms with E-state index in [1.54, 1.807) is 19.2 Å². The van der Waals surface area contributed by atoms with Gasteiger partial charge in [0.2, 0.25) is 5.91 Å². The number of hydrogen-bond acceptors (Lipinski definition) is 2. The van der Waals surface area contributed by atoms with E-state index in [0.29, 0.717) is 12.0 Å². The molecule has 0 saturated carbocycles. The molecule has 1 amide bonds. The molecule has 0 fully saturated rings. The Kier molecular flexibility index (Phi) is 4.08. The number of nitrogens with one attached hydrogen (secondary N) is 1. The Hall–Kier alpha value is -2.42. The summed E-state index contributed by atoms with van der Waals surface area (Å²) < 4.78 is 0. The van der Waals surface area contributed by atoms with E-state index in [2.05, 4.69) is 5.32 Å². The molecule has 19 heavy (non-hydrogen) atoms.